The zero-order chi connectivity index (χ0) is 13.5. The third-order valence-corrected chi connectivity index (χ3v) is 3.95. The van der Waals surface area contributed by atoms with E-state index in [1.807, 2.05) is 0 Å². The van der Waals surface area contributed by atoms with Gasteiger partial charge in [0.05, 0.1) is 5.69 Å². The first-order chi connectivity index (χ1) is 9.13. The van der Waals surface area contributed by atoms with Crippen LogP contribution in [0.3, 0.4) is 0 Å². The lowest BCUT2D eigenvalue weighted by Crippen LogP contribution is -2.25. The summed E-state index contributed by atoms with van der Waals surface area (Å²) < 4.78 is 0. The van der Waals surface area contributed by atoms with Gasteiger partial charge in [-0.3, -0.25) is 5.10 Å². The van der Waals surface area contributed by atoms with Gasteiger partial charge in [0, 0.05) is 17.7 Å². The van der Waals surface area contributed by atoms with E-state index in [2.05, 4.69) is 60.6 Å². The standard InChI is InChI=1S/C16H21N3/c1-4-9-17-15-12-10-16(2,3)13-8-6-5-7-11(13)14(12)18-19-15/h5-8H,4,9-10H2,1-3H3,(H2,17,18,19). The summed E-state index contributed by atoms with van der Waals surface area (Å²) in [5, 5.41) is 11.1. The van der Waals surface area contributed by atoms with Crippen molar-refractivity contribution in [1.82, 2.24) is 10.2 Å². The lowest BCUT2D eigenvalue weighted by Gasteiger charge is -2.32. The van der Waals surface area contributed by atoms with Crippen molar-refractivity contribution in [2.45, 2.75) is 39.0 Å². The van der Waals surface area contributed by atoms with Crippen LogP contribution in [-0.4, -0.2) is 16.7 Å². The molecule has 3 heteroatoms. The molecule has 1 aliphatic carbocycles. The molecule has 0 spiro atoms. The minimum Gasteiger partial charge on any atom is -0.368 e. The molecule has 0 fully saturated rings. The number of aromatic amines is 1. The lowest BCUT2D eigenvalue weighted by molar-refractivity contribution is 0.518. The molecule has 3 nitrogen and oxygen atoms in total. The number of fused-ring (bicyclic) bond motifs is 3. The molecule has 1 aliphatic rings. The van der Waals surface area contributed by atoms with Crippen LogP contribution < -0.4 is 5.32 Å². The minimum atomic E-state index is 0.163. The Morgan fingerprint density at radius 2 is 2.11 bits per heavy atom. The zero-order valence-corrected chi connectivity index (χ0v) is 11.9. The smallest absolute Gasteiger partial charge is 0.151 e. The van der Waals surface area contributed by atoms with Crippen LogP contribution in [0, 0.1) is 0 Å². The van der Waals surface area contributed by atoms with E-state index in [1.54, 1.807) is 0 Å². The highest BCUT2D eigenvalue weighted by molar-refractivity contribution is 5.75. The molecule has 0 amide bonds. The van der Waals surface area contributed by atoms with Crippen LogP contribution in [0.5, 0.6) is 0 Å². The van der Waals surface area contributed by atoms with Crippen LogP contribution in [0.15, 0.2) is 24.3 Å². The van der Waals surface area contributed by atoms with E-state index in [0.717, 1.165) is 25.2 Å². The molecule has 19 heavy (non-hydrogen) atoms. The number of rotatable bonds is 3. The second kappa shape index (κ2) is 4.41. The number of hydrogen-bond acceptors (Lipinski definition) is 2. The summed E-state index contributed by atoms with van der Waals surface area (Å²) >= 11 is 0. The average Bonchev–Trinajstić information content (AvgIpc) is 2.79. The molecule has 0 aliphatic heterocycles. The molecule has 0 saturated heterocycles. The van der Waals surface area contributed by atoms with Crippen LogP contribution in [0.25, 0.3) is 11.3 Å². The van der Waals surface area contributed by atoms with Crippen LogP contribution in [0.2, 0.25) is 0 Å². The Hall–Kier alpha value is -1.77. The van der Waals surface area contributed by atoms with E-state index in [1.165, 1.54) is 22.4 Å². The SMILES string of the molecule is CCCNc1n[nH]c2c1CC(C)(C)c1ccccc1-2. The monoisotopic (exact) mass is 255 g/mol. The molecular formula is C16H21N3. The fourth-order valence-corrected chi connectivity index (χ4v) is 2.98. The van der Waals surface area contributed by atoms with Crippen molar-refractivity contribution >= 4 is 5.82 Å². The molecule has 2 aromatic rings. The number of nitrogens with zero attached hydrogens (tertiary/aromatic N) is 1. The van der Waals surface area contributed by atoms with Gasteiger partial charge in [-0.15, -0.1) is 0 Å². The number of benzene rings is 1. The highest BCUT2D eigenvalue weighted by Crippen LogP contribution is 2.44. The number of H-pyrrole nitrogens is 1. The van der Waals surface area contributed by atoms with Gasteiger partial charge in [-0.25, -0.2) is 0 Å². The summed E-state index contributed by atoms with van der Waals surface area (Å²) in [6.07, 6.45) is 2.14. The first-order valence-corrected chi connectivity index (χ1v) is 7.04. The largest absolute Gasteiger partial charge is 0.368 e. The molecule has 1 heterocycles. The molecule has 1 aromatic heterocycles. The second-order valence-electron chi connectivity index (χ2n) is 5.96. The van der Waals surface area contributed by atoms with Gasteiger partial charge in [-0.2, -0.15) is 5.10 Å². The maximum atomic E-state index is 4.46. The van der Waals surface area contributed by atoms with Crippen molar-refractivity contribution in [2.24, 2.45) is 0 Å². The van der Waals surface area contributed by atoms with Gasteiger partial charge >= 0.3 is 0 Å². The second-order valence-corrected chi connectivity index (χ2v) is 5.96. The molecule has 1 aromatic carbocycles. The van der Waals surface area contributed by atoms with Gasteiger partial charge in [0.15, 0.2) is 5.82 Å². The van der Waals surface area contributed by atoms with E-state index in [9.17, 15) is 0 Å². The topological polar surface area (TPSA) is 40.7 Å². The third-order valence-electron chi connectivity index (χ3n) is 3.95. The van der Waals surface area contributed by atoms with Gasteiger partial charge in [0.2, 0.25) is 0 Å². The predicted molar refractivity (Wildman–Crippen MR) is 79.5 cm³/mol. The molecular weight excluding hydrogens is 234 g/mol. The van der Waals surface area contributed by atoms with E-state index in [0.29, 0.717) is 0 Å². The van der Waals surface area contributed by atoms with Crippen LogP contribution in [0.1, 0.15) is 38.3 Å². The highest BCUT2D eigenvalue weighted by Gasteiger charge is 2.33. The maximum absolute atomic E-state index is 4.46. The summed E-state index contributed by atoms with van der Waals surface area (Å²) in [6, 6.07) is 8.65. The third kappa shape index (κ3) is 1.93. The van der Waals surface area contributed by atoms with Crippen molar-refractivity contribution in [1.29, 1.82) is 0 Å². The Morgan fingerprint density at radius 1 is 1.32 bits per heavy atom. The summed E-state index contributed by atoms with van der Waals surface area (Å²) in [4.78, 5) is 0. The van der Waals surface area contributed by atoms with Gasteiger partial charge in [0.25, 0.3) is 0 Å². The van der Waals surface area contributed by atoms with E-state index in [-0.39, 0.29) is 5.41 Å². The zero-order valence-electron chi connectivity index (χ0n) is 11.9. The van der Waals surface area contributed by atoms with Gasteiger partial charge in [-0.05, 0) is 23.8 Å². The van der Waals surface area contributed by atoms with E-state index in [4.69, 9.17) is 0 Å². The van der Waals surface area contributed by atoms with Gasteiger partial charge in [-0.1, -0.05) is 45.0 Å². The molecule has 0 saturated carbocycles. The van der Waals surface area contributed by atoms with Crippen molar-refractivity contribution in [3.63, 3.8) is 0 Å². The fourth-order valence-electron chi connectivity index (χ4n) is 2.98. The summed E-state index contributed by atoms with van der Waals surface area (Å²) in [6.45, 7) is 7.77. The number of anilines is 1. The van der Waals surface area contributed by atoms with E-state index >= 15 is 0 Å². The molecule has 0 radical (unpaired) electrons. The first-order valence-electron chi connectivity index (χ1n) is 7.04. The summed E-state index contributed by atoms with van der Waals surface area (Å²) in [5.74, 6) is 1.03. The molecule has 3 rings (SSSR count). The molecule has 0 unspecified atom stereocenters. The molecule has 2 N–H and O–H groups in total. The molecule has 100 valence electrons. The number of nitrogens with one attached hydrogen (secondary N) is 2. The number of aromatic nitrogens is 2. The van der Waals surface area contributed by atoms with Crippen LogP contribution in [-0.2, 0) is 11.8 Å². The lowest BCUT2D eigenvalue weighted by atomic mass is 9.72. The molecule has 0 atom stereocenters. The maximum Gasteiger partial charge on any atom is 0.151 e. The van der Waals surface area contributed by atoms with E-state index < -0.39 is 0 Å². The normalized spacial score (nSPS) is 15.7. The van der Waals surface area contributed by atoms with Gasteiger partial charge < -0.3 is 5.32 Å². The quantitative estimate of drug-likeness (QED) is 0.877. The van der Waals surface area contributed by atoms with Crippen molar-refractivity contribution in [3.05, 3.63) is 35.4 Å². The molecule has 0 bridgehead atoms. The highest BCUT2D eigenvalue weighted by atomic mass is 15.2. The number of hydrogen-bond donors (Lipinski definition) is 2. The van der Waals surface area contributed by atoms with Gasteiger partial charge in [0.1, 0.15) is 0 Å². The first kappa shape index (κ1) is 12.3. The van der Waals surface area contributed by atoms with Crippen LogP contribution in [0.4, 0.5) is 5.82 Å². The average molecular weight is 255 g/mol. The van der Waals surface area contributed by atoms with Crippen molar-refractivity contribution < 1.29 is 0 Å². The summed E-state index contributed by atoms with van der Waals surface area (Å²) in [5.41, 5.74) is 5.39. The minimum absolute atomic E-state index is 0.163. The summed E-state index contributed by atoms with van der Waals surface area (Å²) in [7, 11) is 0. The van der Waals surface area contributed by atoms with Crippen molar-refractivity contribution in [2.75, 3.05) is 11.9 Å². The Balaban J connectivity index is 2.11. The Bertz CT molecular complexity index is 596. The van der Waals surface area contributed by atoms with Crippen molar-refractivity contribution in [3.8, 4) is 11.3 Å². The predicted octanol–water partition coefficient (Wildman–Crippen LogP) is 3.73. The Kier molecular flexibility index (Phi) is 2.85. The Labute approximate surface area is 114 Å². The Morgan fingerprint density at radius 3 is 2.89 bits per heavy atom. The fraction of sp³-hybridized carbons (Fsp3) is 0.438. The van der Waals surface area contributed by atoms with Crippen LogP contribution >= 0.6 is 0 Å².